The van der Waals surface area contributed by atoms with Crippen LogP contribution in [0.3, 0.4) is 0 Å². The van der Waals surface area contributed by atoms with Crippen molar-refractivity contribution in [3.8, 4) is 0 Å². The molecule has 0 aliphatic carbocycles. The zero-order chi connectivity index (χ0) is 0. The van der Waals surface area contributed by atoms with Gasteiger partial charge in [-0.1, -0.05) is 0 Å². The van der Waals surface area contributed by atoms with Crippen LogP contribution in [0.15, 0.2) is 0 Å². The average Bonchev–Trinajstić information content (AvgIpc) is 0. The minimum absolute atomic E-state index is 0. The van der Waals surface area contributed by atoms with Crippen molar-refractivity contribution in [1.82, 2.24) is 0 Å². The van der Waals surface area contributed by atoms with E-state index in [1.54, 1.807) is 0 Å². The molecule has 0 saturated heterocycles. The SMILES string of the molecule is Cl.Cl.Cl.Cl.Cl.[AlH3].[Zr]. The Labute approximate surface area is 104 Å². The van der Waals surface area contributed by atoms with E-state index >= 15 is 0 Å². The van der Waals surface area contributed by atoms with Gasteiger partial charge in [0.2, 0.25) is 0 Å². The second-order valence-corrected chi connectivity index (χ2v) is 0. The first-order chi connectivity index (χ1) is 0. The predicted octanol–water partition coefficient (Wildman–Crippen LogP) is 0.923. The summed E-state index contributed by atoms with van der Waals surface area (Å²) in [5.74, 6) is 0. The molecular formula is H8AlCl5Zr. The molecule has 0 N–H and O–H groups in total. The molecule has 0 amide bonds. The van der Waals surface area contributed by atoms with Gasteiger partial charge in [0.15, 0.2) is 17.4 Å². The fraction of sp³-hybridized carbons (Fsp3) is 0. The third-order valence-electron chi connectivity index (χ3n) is 0. The van der Waals surface area contributed by atoms with Crippen molar-refractivity contribution in [2.24, 2.45) is 0 Å². The van der Waals surface area contributed by atoms with Crippen molar-refractivity contribution < 1.29 is 26.2 Å². The third-order valence-corrected chi connectivity index (χ3v) is 0. The van der Waals surface area contributed by atoms with Crippen LogP contribution >= 0.6 is 62.0 Å². The Balaban J connectivity index is 0. The zero-order valence-electron chi connectivity index (χ0n) is 2.54. The number of hydrogen-bond donors (Lipinski definition) is 0. The summed E-state index contributed by atoms with van der Waals surface area (Å²) in [7, 11) is 0. The van der Waals surface area contributed by atoms with Crippen LogP contribution in [0.25, 0.3) is 0 Å². The summed E-state index contributed by atoms with van der Waals surface area (Å²) < 4.78 is 0. The van der Waals surface area contributed by atoms with E-state index in [0.717, 1.165) is 0 Å². The van der Waals surface area contributed by atoms with Gasteiger partial charge in [0.25, 0.3) is 0 Å². The smallest absolute Gasteiger partial charge is 0.147 e. The number of halogens is 5. The first kappa shape index (κ1) is 94.4. The normalized spacial score (nSPS) is 0. The molecule has 0 radical (unpaired) electrons. The van der Waals surface area contributed by atoms with E-state index in [0.29, 0.717) is 0 Å². The zero-order valence-corrected chi connectivity index (χ0v) is 9.08. The van der Waals surface area contributed by atoms with Gasteiger partial charge in [0, 0.05) is 26.2 Å². The molecular weight excluding hydrogens is 295 g/mol. The molecule has 0 aliphatic heterocycles. The molecule has 0 spiro atoms. The topological polar surface area (TPSA) is 0 Å². The molecule has 0 aromatic carbocycles. The predicted molar refractivity (Wildman–Crippen MR) is 46.2 cm³/mol. The van der Waals surface area contributed by atoms with E-state index in [1.165, 1.54) is 0 Å². The van der Waals surface area contributed by atoms with Gasteiger partial charge < -0.3 is 0 Å². The minimum atomic E-state index is 0. The maximum Gasteiger partial charge on any atom is 0.187 e. The summed E-state index contributed by atoms with van der Waals surface area (Å²) >= 11 is 0. The van der Waals surface area contributed by atoms with E-state index < -0.39 is 0 Å². The standard InChI is InChI=1S/Al.5ClH.Zr.3H/h;5*1H;;;;. The molecule has 0 atom stereocenters. The fourth-order valence-electron chi connectivity index (χ4n) is 0. The van der Waals surface area contributed by atoms with Crippen molar-refractivity contribution in [2.75, 3.05) is 0 Å². The molecule has 0 aliphatic rings. The van der Waals surface area contributed by atoms with Crippen LogP contribution in [0, 0.1) is 0 Å². The molecule has 0 rings (SSSR count). The van der Waals surface area contributed by atoms with E-state index in [-0.39, 0.29) is 106 Å². The average molecular weight is 304 g/mol. The maximum absolute atomic E-state index is 0. The Hall–Kier alpha value is 2.87. The quantitative estimate of drug-likeness (QED) is 0.584. The summed E-state index contributed by atoms with van der Waals surface area (Å²) in [6.07, 6.45) is 0. The first-order valence-electron chi connectivity index (χ1n) is 0. The van der Waals surface area contributed by atoms with E-state index in [4.69, 9.17) is 0 Å². The van der Waals surface area contributed by atoms with Gasteiger partial charge in [-0.15, -0.1) is 62.0 Å². The van der Waals surface area contributed by atoms with Crippen LogP contribution in [0.4, 0.5) is 0 Å². The van der Waals surface area contributed by atoms with Crippen LogP contribution in [-0.2, 0) is 26.2 Å². The van der Waals surface area contributed by atoms with Crippen LogP contribution in [0.2, 0.25) is 0 Å². The van der Waals surface area contributed by atoms with Gasteiger partial charge in [-0.2, -0.15) is 0 Å². The van der Waals surface area contributed by atoms with E-state index in [1.807, 2.05) is 0 Å². The van der Waals surface area contributed by atoms with Gasteiger partial charge in [-0.3, -0.25) is 0 Å². The summed E-state index contributed by atoms with van der Waals surface area (Å²) in [6.45, 7) is 0. The van der Waals surface area contributed by atoms with Crippen molar-refractivity contribution in [3.05, 3.63) is 0 Å². The molecule has 7 heavy (non-hydrogen) atoms. The minimum Gasteiger partial charge on any atom is -0.147 e. The summed E-state index contributed by atoms with van der Waals surface area (Å²) in [4.78, 5) is 0. The molecule has 50 valence electrons. The van der Waals surface area contributed by atoms with Crippen LogP contribution in [0.5, 0.6) is 0 Å². The molecule has 0 bridgehead atoms. The summed E-state index contributed by atoms with van der Waals surface area (Å²) in [5, 5.41) is 0. The van der Waals surface area contributed by atoms with Crippen LogP contribution in [0.1, 0.15) is 0 Å². The Morgan fingerprint density at radius 3 is 0.429 bits per heavy atom. The Morgan fingerprint density at radius 1 is 0.429 bits per heavy atom. The van der Waals surface area contributed by atoms with Crippen LogP contribution < -0.4 is 0 Å². The van der Waals surface area contributed by atoms with Gasteiger partial charge in [-0.25, -0.2) is 0 Å². The third kappa shape index (κ3) is 50.9. The molecule has 0 aromatic heterocycles. The van der Waals surface area contributed by atoms with Crippen LogP contribution in [-0.4, -0.2) is 17.4 Å². The number of hydrogen-bond acceptors (Lipinski definition) is 0. The Bertz CT molecular complexity index is 8.04. The van der Waals surface area contributed by atoms with Crippen molar-refractivity contribution >= 4 is 79.4 Å². The second-order valence-electron chi connectivity index (χ2n) is 0. The summed E-state index contributed by atoms with van der Waals surface area (Å²) in [5.41, 5.74) is 0. The second kappa shape index (κ2) is 66.8. The summed E-state index contributed by atoms with van der Waals surface area (Å²) in [6, 6.07) is 0. The maximum atomic E-state index is 0. The van der Waals surface area contributed by atoms with Crippen molar-refractivity contribution in [3.63, 3.8) is 0 Å². The fourth-order valence-corrected chi connectivity index (χ4v) is 0. The number of rotatable bonds is 0. The molecule has 0 saturated carbocycles. The largest absolute Gasteiger partial charge is 0.187 e. The van der Waals surface area contributed by atoms with Gasteiger partial charge in [0.05, 0.1) is 0 Å². The van der Waals surface area contributed by atoms with Gasteiger partial charge >= 0.3 is 0 Å². The monoisotopic (exact) mass is 300 g/mol. The van der Waals surface area contributed by atoms with Crippen molar-refractivity contribution in [2.45, 2.75) is 0 Å². The first-order valence-corrected chi connectivity index (χ1v) is 0. The Kier molecular flexibility index (Phi) is 901. The molecule has 0 unspecified atom stereocenters. The molecule has 0 fully saturated rings. The van der Waals surface area contributed by atoms with Gasteiger partial charge in [-0.05, 0) is 0 Å². The van der Waals surface area contributed by atoms with Crippen molar-refractivity contribution in [1.29, 1.82) is 0 Å². The molecule has 0 heterocycles. The molecule has 0 nitrogen and oxygen atoms in total. The molecule has 0 aromatic rings. The van der Waals surface area contributed by atoms with E-state index in [2.05, 4.69) is 0 Å². The van der Waals surface area contributed by atoms with E-state index in [9.17, 15) is 0 Å². The Morgan fingerprint density at radius 2 is 0.429 bits per heavy atom. The molecule has 7 heteroatoms. The van der Waals surface area contributed by atoms with Gasteiger partial charge in [0.1, 0.15) is 0 Å².